The first-order chi connectivity index (χ1) is 25.8. The van der Waals surface area contributed by atoms with E-state index in [1.54, 1.807) is 26.0 Å². The first-order valence-electron chi connectivity index (χ1n) is 18.5. The largest absolute Gasteiger partial charge is 0.311 e. The number of hydrogen-bond acceptors (Lipinski definition) is 8. The van der Waals surface area contributed by atoms with Crippen molar-refractivity contribution in [3.8, 4) is 22.8 Å². The van der Waals surface area contributed by atoms with Crippen molar-refractivity contribution in [2.45, 2.75) is 104 Å². The summed E-state index contributed by atoms with van der Waals surface area (Å²) in [5.41, 5.74) is 5.47. The van der Waals surface area contributed by atoms with Gasteiger partial charge in [-0.1, -0.05) is 48.5 Å². The summed E-state index contributed by atoms with van der Waals surface area (Å²) >= 11 is 0. The number of aromatic nitrogens is 10. The third-order valence-corrected chi connectivity index (χ3v) is 10.9. The van der Waals surface area contributed by atoms with Gasteiger partial charge in [-0.15, -0.1) is 10.2 Å². The Kier molecular flexibility index (Phi) is 9.71. The first kappa shape index (κ1) is 36.7. The van der Waals surface area contributed by atoms with Crippen molar-refractivity contribution >= 4 is 0 Å². The molecule has 0 spiro atoms. The van der Waals surface area contributed by atoms with Crippen LogP contribution in [0.4, 0.5) is 8.78 Å². The Hall–Kier alpha value is -5.66. The summed E-state index contributed by atoms with van der Waals surface area (Å²) in [6, 6.07) is 13.7. The van der Waals surface area contributed by atoms with Gasteiger partial charge in [0, 0.05) is 23.3 Å². The maximum atomic E-state index is 14.9. The van der Waals surface area contributed by atoms with E-state index in [2.05, 4.69) is 40.6 Å². The number of nitrogens with one attached hydrogen (secondary N) is 2. The Morgan fingerprint density at radius 2 is 1.07 bits per heavy atom. The van der Waals surface area contributed by atoms with Gasteiger partial charge in [-0.3, -0.25) is 9.59 Å². The van der Waals surface area contributed by atoms with Crippen LogP contribution in [0.5, 0.6) is 0 Å². The van der Waals surface area contributed by atoms with Crippen LogP contribution in [0.2, 0.25) is 0 Å². The molecule has 8 rings (SSSR count). The lowest BCUT2D eigenvalue weighted by Crippen LogP contribution is -2.38. The second-order valence-electron chi connectivity index (χ2n) is 14.6. The second kappa shape index (κ2) is 14.3. The van der Waals surface area contributed by atoms with Crippen molar-refractivity contribution in [3.05, 3.63) is 126 Å². The van der Waals surface area contributed by atoms with Crippen LogP contribution in [0, 0.1) is 25.5 Å². The topological polar surface area (TPSA) is 153 Å². The molecule has 0 radical (unpaired) electrons. The molecule has 4 aromatic heterocycles. The minimum atomic E-state index is -0.620. The molecule has 0 fully saturated rings. The van der Waals surface area contributed by atoms with Crippen LogP contribution >= 0.6 is 0 Å². The van der Waals surface area contributed by atoms with E-state index in [1.165, 1.54) is 12.1 Å². The molecule has 2 aromatic carbocycles. The highest BCUT2D eigenvalue weighted by Crippen LogP contribution is 2.41. The molecule has 0 amide bonds. The Morgan fingerprint density at radius 3 is 1.43 bits per heavy atom. The minimum Gasteiger partial charge on any atom is -0.311 e. The fraction of sp³-hybridized carbons (Fsp3) is 0.400. The van der Waals surface area contributed by atoms with Crippen LogP contribution in [-0.4, -0.2) is 49.9 Å². The van der Waals surface area contributed by atoms with Gasteiger partial charge in [-0.25, -0.2) is 28.1 Å². The molecule has 2 N–H and O–H groups in total. The quantitative estimate of drug-likeness (QED) is 0.203. The van der Waals surface area contributed by atoms with Gasteiger partial charge in [0.15, 0.2) is 0 Å². The van der Waals surface area contributed by atoms with Crippen LogP contribution in [0.3, 0.4) is 0 Å². The summed E-state index contributed by atoms with van der Waals surface area (Å²) in [5.74, 6) is 0.622. The fourth-order valence-corrected chi connectivity index (χ4v) is 7.98. The molecule has 0 bridgehead atoms. The highest BCUT2D eigenvalue weighted by atomic mass is 19.1. The summed E-state index contributed by atoms with van der Waals surface area (Å²) in [5, 5.41) is 17.3. The van der Waals surface area contributed by atoms with Crippen molar-refractivity contribution in [2.75, 3.05) is 0 Å². The fourth-order valence-electron chi connectivity index (χ4n) is 7.98. The Balaban J connectivity index is 0.000000167. The summed E-state index contributed by atoms with van der Waals surface area (Å²) in [6.45, 7) is 11.5. The molecule has 14 heteroatoms. The molecule has 2 aliphatic rings. The van der Waals surface area contributed by atoms with E-state index >= 15 is 0 Å². The molecule has 0 aliphatic carbocycles. The van der Waals surface area contributed by atoms with E-state index in [0.29, 0.717) is 45.6 Å². The number of nitrogens with zero attached hydrogens (tertiary/aromatic N) is 8. The predicted molar refractivity (Wildman–Crippen MR) is 200 cm³/mol. The molecule has 2 atom stereocenters. The van der Waals surface area contributed by atoms with Crippen LogP contribution in [0.1, 0.15) is 98.7 Å². The van der Waals surface area contributed by atoms with Gasteiger partial charge < -0.3 is 9.97 Å². The average Bonchev–Trinajstić information content (AvgIpc) is 3.78. The lowest BCUT2D eigenvalue weighted by molar-refractivity contribution is 0.267. The summed E-state index contributed by atoms with van der Waals surface area (Å²) in [6.07, 6.45) is 6.42. The van der Waals surface area contributed by atoms with Crippen LogP contribution in [0.25, 0.3) is 22.8 Å². The van der Waals surface area contributed by atoms with Crippen molar-refractivity contribution < 1.29 is 8.78 Å². The lowest BCUT2D eigenvalue weighted by Gasteiger charge is -2.35. The lowest BCUT2D eigenvalue weighted by atomic mass is 9.82. The zero-order valence-corrected chi connectivity index (χ0v) is 31.4. The number of rotatable bonds is 6. The smallest absolute Gasteiger partial charge is 0.251 e. The van der Waals surface area contributed by atoms with Crippen molar-refractivity contribution in [1.82, 2.24) is 49.9 Å². The number of aromatic amines is 2. The highest BCUT2D eigenvalue weighted by molar-refractivity contribution is 5.58. The summed E-state index contributed by atoms with van der Waals surface area (Å²) in [4.78, 5) is 37.7. The number of hydrogen-bond donors (Lipinski definition) is 2. The molecule has 6 aromatic rings. The maximum Gasteiger partial charge on any atom is 0.251 e. The molecule has 0 unspecified atom stereocenters. The molecule has 280 valence electrons. The Bertz CT molecular complexity index is 2310. The van der Waals surface area contributed by atoms with E-state index in [-0.39, 0.29) is 22.8 Å². The number of H-pyrrole nitrogens is 2. The zero-order valence-electron chi connectivity index (χ0n) is 31.4. The monoisotopic (exact) mass is 734 g/mol. The molecule has 0 saturated carbocycles. The van der Waals surface area contributed by atoms with Gasteiger partial charge in [0.2, 0.25) is 0 Å². The van der Waals surface area contributed by atoms with Gasteiger partial charge in [0.05, 0.1) is 22.5 Å². The van der Waals surface area contributed by atoms with Gasteiger partial charge in [-0.2, -0.15) is 0 Å². The molecular weight excluding hydrogens is 691 g/mol. The van der Waals surface area contributed by atoms with Crippen LogP contribution < -0.4 is 11.1 Å². The van der Waals surface area contributed by atoms with Crippen LogP contribution in [0.15, 0.2) is 58.1 Å². The van der Waals surface area contributed by atoms with Crippen molar-refractivity contribution in [3.63, 3.8) is 0 Å². The van der Waals surface area contributed by atoms with E-state index in [4.69, 9.17) is 0 Å². The van der Waals surface area contributed by atoms with E-state index in [0.717, 1.165) is 73.9 Å². The van der Waals surface area contributed by atoms with E-state index in [9.17, 15) is 18.4 Å². The van der Waals surface area contributed by atoms with Crippen molar-refractivity contribution in [2.24, 2.45) is 0 Å². The third-order valence-electron chi connectivity index (χ3n) is 10.9. The van der Waals surface area contributed by atoms with Gasteiger partial charge in [0.1, 0.15) is 46.1 Å². The second-order valence-corrected chi connectivity index (χ2v) is 14.6. The van der Waals surface area contributed by atoms with E-state index in [1.807, 2.05) is 61.3 Å². The SMILES string of the molecule is CCc1ccc([C@@]2(C)CCCc3c(-c4cc(=O)[nH]c(C)n4)nnn32)c(F)c1.CCc1ccc([C@]2(C)CCCc3c(-c4cc(=O)[nH]c(C)n4)nnn32)c(F)c1. The Morgan fingerprint density at radius 1 is 0.667 bits per heavy atom. The number of aryl methyl sites for hydroxylation is 4. The highest BCUT2D eigenvalue weighted by Gasteiger charge is 2.40. The third kappa shape index (κ3) is 6.58. The van der Waals surface area contributed by atoms with E-state index < -0.39 is 11.1 Å². The minimum absolute atomic E-state index is 0.216. The predicted octanol–water partition coefficient (Wildman–Crippen LogP) is 6.28. The first-order valence-corrected chi connectivity index (χ1v) is 18.5. The average molecular weight is 735 g/mol. The van der Waals surface area contributed by atoms with Gasteiger partial charge >= 0.3 is 0 Å². The molecular formula is C40H44F2N10O2. The molecule has 0 saturated heterocycles. The summed E-state index contributed by atoms with van der Waals surface area (Å²) in [7, 11) is 0. The van der Waals surface area contributed by atoms with Crippen molar-refractivity contribution in [1.29, 1.82) is 0 Å². The van der Waals surface area contributed by atoms with Gasteiger partial charge in [-0.05, 0) is 102 Å². The standard InChI is InChI=1S/2C20H22FN5O/c2*1-4-13-7-8-14(15(21)10-13)20(3)9-5-6-17-19(24-25-26(17)20)16-11-18(27)23-12(2)22-16/h2*7-8,10-11H,4-6,9H2,1-3H3,(H,22,23,27)/t2*20-/m10/s1. The van der Waals surface area contributed by atoms with Gasteiger partial charge in [0.25, 0.3) is 11.1 Å². The molecule has 12 nitrogen and oxygen atoms in total. The molecule has 54 heavy (non-hydrogen) atoms. The molecule has 2 aliphatic heterocycles. The Labute approximate surface area is 311 Å². The molecule has 6 heterocycles. The zero-order chi connectivity index (χ0) is 38.4. The maximum absolute atomic E-state index is 14.9. The number of halogens is 2. The number of benzene rings is 2. The summed E-state index contributed by atoms with van der Waals surface area (Å²) < 4.78 is 33.4. The number of fused-ring (bicyclic) bond motifs is 2. The normalized spacial score (nSPS) is 19.1. The van der Waals surface area contributed by atoms with Crippen LogP contribution in [-0.2, 0) is 36.8 Å².